The van der Waals surface area contributed by atoms with Gasteiger partial charge in [0.25, 0.3) is 0 Å². The highest BCUT2D eigenvalue weighted by atomic mass is 32.2. The molecule has 1 aliphatic heterocycles. The maximum absolute atomic E-state index is 11.7. The molecule has 0 saturated heterocycles. The predicted octanol–water partition coefficient (Wildman–Crippen LogP) is 4.37. The standard InChI is InChI=1S/C22H24N2O3S3/c1-5-26-21(25)11-17-14-23-13-16(24-17)7-6-15-10-18-19(12-20(15)28-2)27-9-8-22(18,29-3)30-4/h10,12-14H,5,8-9,11H2,1-4H3. The topological polar surface area (TPSA) is 61.3 Å². The summed E-state index contributed by atoms with van der Waals surface area (Å²) in [7, 11) is 0. The molecule has 0 atom stereocenters. The average Bonchev–Trinajstić information content (AvgIpc) is 2.77. The van der Waals surface area contributed by atoms with E-state index >= 15 is 0 Å². The van der Waals surface area contributed by atoms with Crippen LogP contribution in [0.15, 0.2) is 29.4 Å². The Balaban J connectivity index is 1.95. The van der Waals surface area contributed by atoms with Crippen LogP contribution in [0, 0.1) is 11.8 Å². The van der Waals surface area contributed by atoms with Gasteiger partial charge in [0.2, 0.25) is 0 Å². The van der Waals surface area contributed by atoms with Crippen molar-refractivity contribution in [3.05, 3.63) is 47.0 Å². The van der Waals surface area contributed by atoms with E-state index in [1.807, 2.05) is 29.8 Å². The van der Waals surface area contributed by atoms with Crippen molar-refractivity contribution in [2.75, 3.05) is 32.0 Å². The minimum absolute atomic E-state index is 0.0275. The van der Waals surface area contributed by atoms with Crippen LogP contribution in [0.4, 0.5) is 0 Å². The van der Waals surface area contributed by atoms with Crippen molar-refractivity contribution in [3.63, 3.8) is 0 Å². The molecule has 0 saturated carbocycles. The van der Waals surface area contributed by atoms with E-state index in [0.717, 1.165) is 29.2 Å². The highest BCUT2D eigenvalue weighted by molar-refractivity contribution is 8.16. The zero-order valence-electron chi connectivity index (χ0n) is 17.5. The highest BCUT2D eigenvalue weighted by Crippen LogP contribution is 2.53. The maximum atomic E-state index is 11.7. The molecule has 2 heterocycles. The van der Waals surface area contributed by atoms with Gasteiger partial charge in [0.1, 0.15) is 11.4 Å². The number of rotatable bonds is 6. The summed E-state index contributed by atoms with van der Waals surface area (Å²) in [5.74, 6) is 6.99. The van der Waals surface area contributed by atoms with Gasteiger partial charge in [0.15, 0.2) is 0 Å². The number of benzene rings is 1. The quantitative estimate of drug-likeness (QED) is 0.273. The number of ether oxygens (including phenoxy) is 2. The van der Waals surface area contributed by atoms with Crippen molar-refractivity contribution in [1.29, 1.82) is 0 Å². The third-order valence-corrected chi connectivity index (χ3v) is 8.65. The molecule has 0 amide bonds. The SMILES string of the molecule is CCOC(=O)Cc1cncc(C#Cc2cc3c(cc2SC)OCCC3(SC)SC)n1. The molecule has 1 aliphatic rings. The summed E-state index contributed by atoms with van der Waals surface area (Å²) in [5, 5.41) is 0. The zero-order valence-corrected chi connectivity index (χ0v) is 19.9. The zero-order chi connectivity index (χ0) is 21.6. The molecule has 0 radical (unpaired) electrons. The summed E-state index contributed by atoms with van der Waals surface area (Å²) in [4.78, 5) is 21.4. The van der Waals surface area contributed by atoms with Gasteiger partial charge in [-0.1, -0.05) is 5.92 Å². The lowest BCUT2D eigenvalue weighted by molar-refractivity contribution is -0.142. The molecule has 2 aromatic rings. The number of hydrogen-bond acceptors (Lipinski definition) is 8. The van der Waals surface area contributed by atoms with Crippen molar-refractivity contribution >= 4 is 41.3 Å². The summed E-state index contributed by atoms with van der Waals surface area (Å²) >= 11 is 5.33. The number of carbonyl (C=O) groups is 1. The second-order valence-electron chi connectivity index (χ2n) is 6.44. The van der Waals surface area contributed by atoms with Crippen LogP contribution in [0.5, 0.6) is 5.75 Å². The molecule has 0 unspecified atom stereocenters. The van der Waals surface area contributed by atoms with E-state index in [1.165, 1.54) is 5.56 Å². The average molecular weight is 461 g/mol. The predicted molar refractivity (Wildman–Crippen MR) is 125 cm³/mol. The lowest BCUT2D eigenvalue weighted by Gasteiger charge is -2.36. The molecule has 5 nitrogen and oxygen atoms in total. The number of carbonyl (C=O) groups excluding carboxylic acids is 1. The fraction of sp³-hybridized carbons (Fsp3) is 0.409. The molecule has 3 rings (SSSR count). The molecule has 0 bridgehead atoms. The third kappa shape index (κ3) is 5.08. The summed E-state index contributed by atoms with van der Waals surface area (Å²) in [6.07, 6.45) is 10.5. The van der Waals surface area contributed by atoms with E-state index < -0.39 is 0 Å². The molecule has 30 heavy (non-hydrogen) atoms. The first kappa shape index (κ1) is 22.9. The Bertz CT molecular complexity index is 981. The first-order valence-electron chi connectivity index (χ1n) is 9.49. The monoisotopic (exact) mass is 460 g/mol. The largest absolute Gasteiger partial charge is 0.493 e. The first-order chi connectivity index (χ1) is 14.5. The number of fused-ring (bicyclic) bond motifs is 1. The van der Waals surface area contributed by atoms with Gasteiger partial charge in [-0.3, -0.25) is 9.78 Å². The molecule has 8 heteroatoms. The van der Waals surface area contributed by atoms with Gasteiger partial charge in [-0.2, -0.15) is 0 Å². The second kappa shape index (κ2) is 10.5. The maximum Gasteiger partial charge on any atom is 0.311 e. The van der Waals surface area contributed by atoms with Gasteiger partial charge in [-0.05, 0) is 43.7 Å². The van der Waals surface area contributed by atoms with Crippen molar-refractivity contribution in [1.82, 2.24) is 9.97 Å². The summed E-state index contributed by atoms with van der Waals surface area (Å²) in [6.45, 7) is 2.84. The number of thioether (sulfide) groups is 3. The molecule has 0 aliphatic carbocycles. The Kier molecular flexibility index (Phi) is 7.98. The number of nitrogens with zero attached hydrogens (tertiary/aromatic N) is 2. The fourth-order valence-corrected chi connectivity index (χ4v) is 5.78. The van der Waals surface area contributed by atoms with Crippen LogP contribution in [0.2, 0.25) is 0 Å². The smallest absolute Gasteiger partial charge is 0.311 e. The lowest BCUT2D eigenvalue weighted by atomic mass is 10.0. The number of hydrogen-bond donors (Lipinski definition) is 0. The van der Waals surface area contributed by atoms with Gasteiger partial charge in [0, 0.05) is 28.6 Å². The van der Waals surface area contributed by atoms with Crippen LogP contribution >= 0.6 is 35.3 Å². The molecule has 1 aromatic carbocycles. The van der Waals surface area contributed by atoms with Gasteiger partial charge < -0.3 is 9.47 Å². The summed E-state index contributed by atoms with van der Waals surface area (Å²) in [5.41, 5.74) is 3.20. The van der Waals surface area contributed by atoms with Crippen molar-refractivity contribution < 1.29 is 14.3 Å². The second-order valence-corrected chi connectivity index (χ2v) is 9.75. The van der Waals surface area contributed by atoms with Gasteiger partial charge in [-0.15, -0.1) is 35.3 Å². The molecule has 0 fully saturated rings. The Morgan fingerprint density at radius 1 is 1.23 bits per heavy atom. The van der Waals surface area contributed by atoms with E-state index in [9.17, 15) is 4.79 Å². The van der Waals surface area contributed by atoms with E-state index in [2.05, 4.69) is 46.5 Å². The van der Waals surface area contributed by atoms with E-state index in [0.29, 0.717) is 18.0 Å². The summed E-state index contributed by atoms with van der Waals surface area (Å²) < 4.78 is 10.9. The van der Waals surface area contributed by atoms with Gasteiger partial charge in [-0.25, -0.2) is 4.98 Å². The van der Waals surface area contributed by atoms with Crippen molar-refractivity contribution in [2.45, 2.75) is 28.7 Å². The van der Waals surface area contributed by atoms with Crippen LogP contribution in [-0.2, 0) is 20.0 Å². The Morgan fingerprint density at radius 2 is 2.03 bits per heavy atom. The van der Waals surface area contributed by atoms with Crippen LogP contribution < -0.4 is 4.74 Å². The van der Waals surface area contributed by atoms with Gasteiger partial charge in [0.05, 0.1) is 35.6 Å². The summed E-state index contributed by atoms with van der Waals surface area (Å²) in [6, 6.07) is 4.24. The van der Waals surface area contributed by atoms with E-state index in [-0.39, 0.29) is 16.5 Å². The molecule has 158 valence electrons. The van der Waals surface area contributed by atoms with E-state index in [4.69, 9.17) is 9.47 Å². The van der Waals surface area contributed by atoms with Crippen LogP contribution in [0.25, 0.3) is 0 Å². The molecule has 0 spiro atoms. The Hall–Kier alpha value is -1.82. The molecular formula is C22H24N2O3S3. The van der Waals surface area contributed by atoms with Crippen LogP contribution in [0.3, 0.4) is 0 Å². The van der Waals surface area contributed by atoms with Gasteiger partial charge >= 0.3 is 5.97 Å². The van der Waals surface area contributed by atoms with Crippen LogP contribution in [-0.4, -0.2) is 47.9 Å². The fourth-order valence-electron chi connectivity index (χ4n) is 3.23. The normalized spacial score (nSPS) is 14.1. The first-order valence-corrected chi connectivity index (χ1v) is 13.2. The third-order valence-electron chi connectivity index (χ3n) is 4.70. The van der Waals surface area contributed by atoms with E-state index in [1.54, 1.807) is 31.1 Å². The number of aromatic nitrogens is 2. The highest BCUT2D eigenvalue weighted by Gasteiger charge is 2.37. The van der Waals surface area contributed by atoms with Crippen LogP contribution in [0.1, 0.15) is 35.9 Å². The molecule has 0 N–H and O–H groups in total. The van der Waals surface area contributed by atoms with Crippen molar-refractivity contribution in [3.8, 4) is 17.6 Å². The molecular weight excluding hydrogens is 436 g/mol. The minimum Gasteiger partial charge on any atom is -0.493 e. The Morgan fingerprint density at radius 3 is 2.73 bits per heavy atom. The Labute approximate surface area is 190 Å². The minimum atomic E-state index is -0.318. The number of esters is 1. The lowest BCUT2D eigenvalue weighted by Crippen LogP contribution is -2.26. The van der Waals surface area contributed by atoms with Crippen molar-refractivity contribution in [2.24, 2.45) is 0 Å². The molecule has 1 aromatic heterocycles.